The van der Waals surface area contributed by atoms with E-state index in [0.717, 1.165) is 68.9 Å². The van der Waals surface area contributed by atoms with Crippen molar-refractivity contribution in [1.82, 2.24) is 4.98 Å². The molecule has 5 heteroatoms. The van der Waals surface area contributed by atoms with E-state index in [1.54, 1.807) is 0 Å². The first kappa shape index (κ1) is 32.1. The Morgan fingerprint density at radius 3 is 2.11 bits per heavy atom. The summed E-state index contributed by atoms with van der Waals surface area (Å²) in [6.07, 6.45) is 2.34. The lowest BCUT2D eigenvalue weighted by atomic mass is 9.57. The fraction of sp³-hybridized carbons (Fsp3) is 0.176. The third-order valence-electron chi connectivity index (χ3n) is 13.4. The highest BCUT2D eigenvalue weighted by molar-refractivity contribution is 6.74. The molecule has 0 radical (unpaired) electrons. The first-order valence-electron chi connectivity index (χ1n) is 20.0. The highest BCUT2D eigenvalue weighted by Gasteiger charge is 2.39. The van der Waals surface area contributed by atoms with Gasteiger partial charge < -0.3 is 18.7 Å². The van der Waals surface area contributed by atoms with E-state index in [9.17, 15) is 0 Å². The van der Waals surface area contributed by atoms with Gasteiger partial charge in [-0.2, -0.15) is 0 Å². The molecule has 0 fully saturated rings. The molecule has 0 saturated carbocycles. The maximum absolute atomic E-state index is 6.91. The third-order valence-corrected chi connectivity index (χ3v) is 13.4. The molecule has 0 atom stereocenters. The summed E-state index contributed by atoms with van der Waals surface area (Å²) in [6, 6.07) is 44.6. The normalized spacial score (nSPS) is 15.8. The zero-order chi connectivity index (χ0) is 37.7. The van der Waals surface area contributed by atoms with Crippen molar-refractivity contribution in [1.29, 1.82) is 0 Å². The molecule has 1 aliphatic carbocycles. The predicted octanol–water partition coefficient (Wildman–Crippen LogP) is 12.6. The van der Waals surface area contributed by atoms with Gasteiger partial charge in [0.05, 0.1) is 16.6 Å². The Balaban J connectivity index is 1.21. The standard InChI is InChI=1S/C51H41BN2O2/c1-28-25-36-37(51(4,5)24-23-50(36,2)3)27-39(28)54-40-26-29-13-6-7-14-30(29)43(34-17-12-18-35-44-33-16-9-11-20-42(33)56-49(44)53-46(34)35)45(40)52-38-22-21-32-31-15-8-10-19-41(31)55-48(32)47(38)54/h6-22,25-27,52-53H,23-24H2,1-5H3. The molecule has 10 aromatic rings. The maximum Gasteiger partial charge on any atom is 0.206 e. The number of nitrogens with one attached hydrogen (secondary N) is 1. The summed E-state index contributed by atoms with van der Waals surface area (Å²) in [7, 11) is 0.771. The third kappa shape index (κ3) is 4.26. The Kier molecular flexibility index (Phi) is 6.29. The van der Waals surface area contributed by atoms with Crippen LogP contribution in [0, 0.1) is 6.92 Å². The first-order chi connectivity index (χ1) is 27.2. The summed E-state index contributed by atoms with van der Waals surface area (Å²) in [4.78, 5) is 6.34. The van der Waals surface area contributed by atoms with Gasteiger partial charge in [0, 0.05) is 38.5 Å². The molecule has 56 heavy (non-hydrogen) atoms. The van der Waals surface area contributed by atoms with Crippen LogP contribution in [0.2, 0.25) is 0 Å². The van der Waals surface area contributed by atoms with Crippen LogP contribution in [0.4, 0.5) is 17.1 Å². The molecule has 0 spiro atoms. The van der Waals surface area contributed by atoms with Gasteiger partial charge in [-0.15, -0.1) is 0 Å². The average Bonchev–Trinajstić information content (AvgIpc) is 3.88. The Labute approximate surface area is 326 Å². The summed E-state index contributed by atoms with van der Waals surface area (Å²) in [6.45, 7) is 12.0. The highest BCUT2D eigenvalue weighted by Crippen LogP contribution is 2.51. The monoisotopic (exact) mass is 724 g/mol. The molecule has 270 valence electrons. The van der Waals surface area contributed by atoms with E-state index >= 15 is 0 Å². The molecular formula is C51H41BN2O2. The zero-order valence-corrected chi connectivity index (χ0v) is 32.4. The smallest absolute Gasteiger partial charge is 0.206 e. The van der Waals surface area contributed by atoms with Crippen LogP contribution < -0.4 is 15.8 Å². The molecule has 2 aliphatic rings. The van der Waals surface area contributed by atoms with Crippen LogP contribution in [0.15, 0.2) is 130 Å². The molecule has 0 amide bonds. The number of anilines is 3. The minimum Gasteiger partial charge on any atom is -0.454 e. The minimum atomic E-state index is 0.0546. The molecule has 7 aromatic carbocycles. The van der Waals surface area contributed by atoms with Gasteiger partial charge in [0.1, 0.15) is 11.2 Å². The van der Waals surface area contributed by atoms with E-state index in [-0.39, 0.29) is 10.8 Å². The topological polar surface area (TPSA) is 45.3 Å². The second-order valence-corrected chi connectivity index (χ2v) is 17.6. The molecule has 0 unspecified atom stereocenters. The molecule has 0 saturated heterocycles. The number of hydrogen-bond donors (Lipinski definition) is 1. The molecule has 12 rings (SSSR count). The van der Waals surface area contributed by atoms with Gasteiger partial charge in [0.2, 0.25) is 5.71 Å². The summed E-state index contributed by atoms with van der Waals surface area (Å²) >= 11 is 0. The minimum absolute atomic E-state index is 0.0546. The van der Waals surface area contributed by atoms with Gasteiger partial charge in [-0.05, 0) is 93.3 Å². The van der Waals surface area contributed by atoms with Crippen molar-refractivity contribution >= 4 is 101 Å². The van der Waals surface area contributed by atoms with Gasteiger partial charge in [-0.1, -0.05) is 130 Å². The number of furan rings is 2. The lowest BCUT2D eigenvalue weighted by Crippen LogP contribution is -2.41. The fourth-order valence-electron chi connectivity index (χ4n) is 10.4. The molecular weight excluding hydrogens is 683 g/mol. The molecule has 1 N–H and O–H groups in total. The lowest BCUT2D eigenvalue weighted by molar-refractivity contribution is 0.332. The number of para-hydroxylation sites is 3. The Morgan fingerprint density at radius 2 is 1.30 bits per heavy atom. The zero-order valence-electron chi connectivity index (χ0n) is 32.4. The van der Waals surface area contributed by atoms with Crippen molar-refractivity contribution in [2.45, 2.75) is 58.3 Å². The largest absolute Gasteiger partial charge is 0.454 e. The quantitative estimate of drug-likeness (QED) is 0.181. The van der Waals surface area contributed by atoms with Gasteiger partial charge in [0.25, 0.3) is 0 Å². The van der Waals surface area contributed by atoms with Crippen molar-refractivity contribution in [2.24, 2.45) is 0 Å². The van der Waals surface area contributed by atoms with Crippen molar-refractivity contribution in [3.8, 4) is 11.1 Å². The number of aromatic amines is 1. The van der Waals surface area contributed by atoms with Crippen LogP contribution in [0.3, 0.4) is 0 Å². The van der Waals surface area contributed by atoms with Gasteiger partial charge in [0.15, 0.2) is 12.9 Å². The number of rotatable bonds is 2. The molecule has 3 aromatic heterocycles. The predicted molar refractivity (Wildman–Crippen MR) is 237 cm³/mol. The second kappa shape index (κ2) is 11.0. The van der Waals surface area contributed by atoms with E-state index < -0.39 is 0 Å². The van der Waals surface area contributed by atoms with Crippen molar-refractivity contribution in [3.63, 3.8) is 0 Å². The second-order valence-electron chi connectivity index (χ2n) is 17.6. The number of H-pyrrole nitrogens is 1. The van der Waals surface area contributed by atoms with Crippen LogP contribution in [-0.4, -0.2) is 12.3 Å². The Bertz CT molecular complexity index is 3320. The number of nitrogens with zero attached hydrogens (tertiary/aromatic N) is 1. The van der Waals surface area contributed by atoms with E-state index in [1.165, 1.54) is 72.7 Å². The molecule has 0 bridgehead atoms. The number of benzene rings is 7. The number of hydrogen-bond acceptors (Lipinski definition) is 3. The van der Waals surface area contributed by atoms with Crippen LogP contribution in [-0.2, 0) is 10.8 Å². The summed E-state index contributed by atoms with van der Waals surface area (Å²) in [5.74, 6) is 0. The molecule has 1 aliphatic heterocycles. The number of aromatic nitrogens is 1. The van der Waals surface area contributed by atoms with Gasteiger partial charge in [-0.25, -0.2) is 0 Å². The van der Waals surface area contributed by atoms with Gasteiger partial charge >= 0.3 is 0 Å². The Hall–Kier alpha value is -6.20. The molecule has 4 nitrogen and oxygen atoms in total. The van der Waals surface area contributed by atoms with E-state index in [0.29, 0.717) is 0 Å². The van der Waals surface area contributed by atoms with Crippen LogP contribution in [0.5, 0.6) is 0 Å². The fourth-order valence-corrected chi connectivity index (χ4v) is 10.4. The van der Waals surface area contributed by atoms with Crippen molar-refractivity contribution < 1.29 is 8.83 Å². The SMILES string of the molecule is Cc1cc2c(cc1N1c3cc4ccccc4c(-c4cccc5c4[nH]c4oc6ccccc6c45)c3Bc3ccc4c(oc5ccccc54)c31)C(C)(C)CCC2(C)C. The molecule has 4 heterocycles. The summed E-state index contributed by atoms with van der Waals surface area (Å²) in [5, 5.41) is 8.20. The van der Waals surface area contributed by atoms with Crippen LogP contribution in [0.1, 0.15) is 57.2 Å². The average molecular weight is 725 g/mol. The van der Waals surface area contributed by atoms with E-state index in [4.69, 9.17) is 8.83 Å². The highest BCUT2D eigenvalue weighted by atomic mass is 16.3. The number of aryl methyl sites for hydroxylation is 1. The van der Waals surface area contributed by atoms with Crippen molar-refractivity contribution in [2.75, 3.05) is 4.90 Å². The summed E-state index contributed by atoms with van der Waals surface area (Å²) in [5.41, 5.74) is 17.6. The van der Waals surface area contributed by atoms with E-state index in [1.807, 2.05) is 6.07 Å². The van der Waals surface area contributed by atoms with E-state index in [2.05, 4.69) is 160 Å². The van der Waals surface area contributed by atoms with Crippen LogP contribution >= 0.6 is 0 Å². The van der Waals surface area contributed by atoms with Crippen LogP contribution in [0.25, 0.3) is 76.8 Å². The Morgan fingerprint density at radius 1 is 0.625 bits per heavy atom. The lowest BCUT2D eigenvalue weighted by Gasteiger charge is -2.43. The summed E-state index contributed by atoms with van der Waals surface area (Å²) < 4.78 is 13.3. The maximum atomic E-state index is 6.91. The van der Waals surface area contributed by atoms with Crippen molar-refractivity contribution in [3.05, 3.63) is 138 Å². The van der Waals surface area contributed by atoms with Gasteiger partial charge in [-0.3, -0.25) is 0 Å². The number of fused-ring (bicyclic) bond motifs is 13. The first-order valence-corrected chi connectivity index (χ1v) is 20.0.